The summed E-state index contributed by atoms with van der Waals surface area (Å²) in [5.74, 6) is -0.865. The van der Waals surface area contributed by atoms with Gasteiger partial charge in [0.1, 0.15) is 24.9 Å². The van der Waals surface area contributed by atoms with Gasteiger partial charge in [0.05, 0.1) is 46.1 Å². The molecular formula is C32H58N2O11. The zero-order valence-corrected chi connectivity index (χ0v) is 28.4. The molecule has 0 aromatic carbocycles. The fraction of sp³-hybridized carbons (Fsp3) is 0.844. The van der Waals surface area contributed by atoms with Crippen LogP contribution in [0.15, 0.2) is 0 Å². The Morgan fingerprint density at radius 2 is 1.24 bits per heavy atom. The van der Waals surface area contributed by atoms with Crippen LogP contribution in [0, 0.1) is 5.92 Å². The maximum absolute atomic E-state index is 12.1. The number of hydrogen-bond donors (Lipinski definition) is 2. The molecule has 45 heavy (non-hydrogen) atoms. The van der Waals surface area contributed by atoms with Crippen LogP contribution in [0.5, 0.6) is 0 Å². The smallest absolute Gasteiger partial charge is 0.323 e. The molecule has 0 spiro atoms. The molecule has 0 aliphatic rings. The van der Waals surface area contributed by atoms with E-state index in [4.69, 9.17) is 28.4 Å². The standard InChI is InChI=1S/C32H58N2O11/c1-25(30(38)40-6)11-8-7-9-12-26(35)23-43-21-19-41-17-10-13-27(36)24-44-22-20-42-18-16-34-29(37)15-14-28(33-5)31(39)45-32(2,3)4/h25,28,33H,7-24H2,1-6H3,(H,34,37). The highest BCUT2D eigenvalue weighted by Crippen LogP contribution is 2.12. The van der Waals surface area contributed by atoms with Crippen molar-refractivity contribution >= 4 is 29.4 Å². The zero-order valence-electron chi connectivity index (χ0n) is 28.4. The number of hydrogen-bond acceptors (Lipinski definition) is 12. The van der Waals surface area contributed by atoms with Crippen molar-refractivity contribution in [3.63, 3.8) is 0 Å². The number of rotatable bonds is 29. The van der Waals surface area contributed by atoms with Crippen LogP contribution in [-0.2, 0) is 52.4 Å². The predicted octanol–water partition coefficient (Wildman–Crippen LogP) is 2.56. The Labute approximate surface area is 269 Å². The first-order valence-corrected chi connectivity index (χ1v) is 16.0. The average Bonchev–Trinajstić information content (AvgIpc) is 2.98. The number of methoxy groups -OCH3 is 1. The molecule has 0 aromatic rings. The van der Waals surface area contributed by atoms with Gasteiger partial charge in [-0.05, 0) is 53.5 Å². The molecule has 0 saturated heterocycles. The third kappa shape index (κ3) is 26.5. The number of carbonyl (C=O) groups is 5. The topological polar surface area (TPSA) is 165 Å². The molecule has 0 rings (SSSR count). The summed E-state index contributed by atoms with van der Waals surface area (Å²) in [5, 5.41) is 5.62. The van der Waals surface area contributed by atoms with Crippen LogP contribution in [0.2, 0.25) is 0 Å². The number of nitrogens with one attached hydrogen (secondary N) is 2. The van der Waals surface area contributed by atoms with Gasteiger partial charge in [-0.25, -0.2) is 0 Å². The minimum Gasteiger partial charge on any atom is -0.469 e. The molecule has 0 aliphatic heterocycles. The molecule has 1 amide bonds. The first kappa shape index (κ1) is 42.6. The molecule has 262 valence electrons. The Morgan fingerprint density at radius 3 is 1.82 bits per heavy atom. The van der Waals surface area contributed by atoms with Crippen LogP contribution in [0.4, 0.5) is 0 Å². The maximum Gasteiger partial charge on any atom is 0.323 e. The molecule has 2 N–H and O–H groups in total. The van der Waals surface area contributed by atoms with Gasteiger partial charge in [-0.1, -0.05) is 19.8 Å². The van der Waals surface area contributed by atoms with Crippen molar-refractivity contribution in [1.82, 2.24) is 10.6 Å². The number of carbonyl (C=O) groups excluding carboxylic acids is 5. The summed E-state index contributed by atoms with van der Waals surface area (Å²) in [6, 6.07) is -0.551. The van der Waals surface area contributed by atoms with Gasteiger partial charge >= 0.3 is 11.9 Å². The molecular weight excluding hydrogens is 588 g/mol. The summed E-state index contributed by atoms with van der Waals surface area (Å²) in [4.78, 5) is 59.3. The van der Waals surface area contributed by atoms with Crippen LogP contribution >= 0.6 is 0 Å². The summed E-state index contributed by atoms with van der Waals surface area (Å²) in [5.41, 5.74) is -0.587. The Hall–Kier alpha value is -2.45. The van der Waals surface area contributed by atoms with Crippen LogP contribution < -0.4 is 10.6 Å². The monoisotopic (exact) mass is 646 g/mol. The van der Waals surface area contributed by atoms with E-state index in [1.165, 1.54) is 7.11 Å². The SMILES string of the molecule is CNC(CCC(=O)NCCOCCOCC(=O)CCCOCCOCC(=O)CCCCCC(C)C(=O)OC)C(=O)OC(C)(C)C. The van der Waals surface area contributed by atoms with Gasteiger partial charge in [0.2, 0.25) is 5.91 Å². The lowest BCUT2D eigenvalue weighted by molar-refractivity contribution is -0.157. The molecule has 2 unspecified atom stereocenters. The molecule has 13 heteroatoms. The van der Waals surface area contributed by atoms with Crippen LogP contribution in [0.3, 0.4) is 0 Å². The lowest BCUT2D eigenvalue weighted by Crippen LogP contribution is -2.40. The Bertz CT molecular complexity index is 845. The molecule has 13 nitrogen and oxygen atoms in total. The van der Waals surface area contributed by atoms with Gasteiger partial charge in [0.15, 0.2) is 11.6 Å². The van der Waals surface area contributed by atoms with Crippen molar-refractivity contribution < 1.29 is 52.4 Å². The quantitative estimate of drug-likeness (QED) is 0.0903. The Kier molecular flexibility index (Phi) is 25.3. The highest BCUT2D eigenvalue weighted by atomic mass is 16.6. The van der Waals surface area contributed by atoms with E-state index in [1.54, 1.807) is 27.8 Å². The highest BCUT2D eigenvalue weighted by Gasteiger charge is 2.24. The lowest BCUT2D eigenvalue weighted by Gasteiger charge is -2.23. The van der Waals surface area contributed by atoms with Gasteiger partial charge in [0.25, 0.3) is 0 Å². The van der Waals surface area contributed by atoms with Crippen LogP contribution in [-0.4, -0.2) is 115 Å². The second kappa shape index (κ2) is 26.7. The van der Waals surface area contributed by atoms with E-state index >= 15 is 0 Å². The molecule has 0 bridgehead atoms. The van der Waals surface area contributed by atoms with Crippen molar-refractivity contribution in [1.29, 1.82) is 0 Å². The van der Waals surface area contributed by atoms with Crippen molar-refractivity contribution in [2.75, 3.05) is 73.6 Å². The first-order chi connectivity index (χ1) is 21.4. The number of esters is 2. The van der Waals surface area contributed by atoms with Crippen molar-refractivity contribution in [2.24, 2.45) is 5.92 Å². The third-order valence-electron chi connectivity index (χ3n) is 6.48. The van der Waals surface area contributed by atoms with Crippen LogP contribution in [0.1, 0.15) is 85.5 Å². The molecule has 0 radical (unpaired) electrons. The van der Waals surface area contributed by atoms with Gasteiger partial charge in [0, 0.05) is 32.4 Å². The number of likely N-dealkylation sites (N-methyl/N-ethyl adjacent to an activating group) is 1. The maximum atomic E-state index is 12.1. The zero-order chi connectivity index (χ0) is 33.9. The van der Waals surface area contributed by atoms with E-state index in [-0.39, 0.29) is 61.6 Å². The minimum absolute atomic E-state index is 0.0000962. The molecule has 0 aromatic heterocycles. The molecule has 0 heterocycles. The normalized spacial score (nSPS) is 12.8. The van der Waals surface area contributed by atoms with Gasteiger partial charge in [-0.2, -0.15) is 0 Å². The number of amides is 1. The fourth-order valence-electron chi connectivity index (χ4n) is 3.98. The molecule has 2 atom stereocenters. The number of ketones is 2. The predicted molar refractivity (Wildman–Crippen MR) is 168 cm³/mol. The van der Waals surface area contributed by atoms with Gasteiger partial charge in [-0.3, -0.25) is 24.0 Å². The Morgan fingerprint density at radius 1 is 0.667 bits per heavy atom. The minimum atomic E-state index is -0.587. The molecule has 0 aliphatic carbocycles. The van der Waals surface area contributed by atoms with Gasteiger partial charge in [-0.15, -0.1) is 0 Å². The third-order valence-corrected chi connectivity index (χ3v) is 6.48. The molecule has 0 fully saturated rings. The lowest BCUT2D eigenvalue weighted by atomic mass is 10.0. The van der Waals surface area contributed by atoms with E-state index in [9.17, 15) is 24.0 Å². The van der Waals surface area contributed by atoms with E-state index in [1.807, 2.05) is 6.92 Å². The van der Waals surface area contributed by atoms with E-state index in [0.717, 1.165) is 25.7 Å². The van der Waals surface area contributed by atoms with Crippen molar-refractivity contribution in [3.8, 4) is 0 Å². The summed E-state index contributed by atoms with van der Waals surface area (Å²) < 4.78 is 31.6. The second-order valence-corrected chi connectivity index (χ2v) is 11.8. The summed E-state index contributed by atoms with van der Waals surface area (Å²) in [6.45, 7) is 9.56. The summed E-state index contributed by atoms with van der Waals surface area (Å²) >= 11 is 0. The number of Topliss-reactive ketones (excluding diaryl/α,β-unsaturated/α-hetero) is 2. The molecule has 0 saturated carbocycles. The largest absolute Gasteiger partial charge is 0.469 e. The van der Waals surface area contributed by atoms with Crippen molar-refractivity contribution in [3.05, 3.63) is 0 Å². The number of unbranched alkanes of at least 4 members (excludes halogenated alkanes) is 2. The van der Waals surface area contributed by atoms with Crippen molar-refractivity contribution in [2.45, 2.75) is 97.1 Å². The van der Waals surface area contributed by atoms with E-state index < -0.39 is 11.6 Å². The summed E-state index contributed by atoms with van der Waals surface area (Å²) in [6.07, 6.45) is 5.17. The van der Waals surface area contributed by atoms with E-state index in [2.05, 4.69) is 10.6 Å². The van der Waals surface area contributed by atoms with E-state index in [0.29, 0.717) is 65.3 Å². The fourth-order valence-corrected chi connectivity index (χ4v) is 3.98. The van der Waals surface area contributed by atoms with Gasteiger partial charge < -0.3 is 39.1 Å². The van der Waals surface area contributed by atoms with Crippen LogP contribution in [0.25, 0.3) is 0 Å². The summed E-state index contributed by atoms with van der Waals surface area (Å²) in [7, 11) is 3.04. The second-order valence-electron chi connectivity index (χ2n) is 11.8. The first-order valence-electron chi connectivity index (χ1n) is 16.0. The highest BCUT2D eigenvalue weighted by molar-refractivity contribution is 5.80. The Balaban J connectivity index is 3.56. The average molecular weight is 647 g/mol. The number of ether oxygens (including phenoxy) is 6.